The molecule has 0 aliphatic rings. The average molecular weight is 224 g/mol. The van der Waals surface area contributed by atoms with Gasteiger partial charge in [0.2, 0.25) is 11.0 Å². The molecule has 2 nitrogen and oxygen atoms in total. The van der Waals surface area contributed by atoms with Gasteiger partial charge in [0.05, 0.1) is 10.9 Å². The number of hydrogen-bond acceptors (Lipinski definition) is 1. The number of hydrogen-bond donors (Lipinski definition) is 1. The highest BCUT2D eigenvalue weighted by molar-refractivity contribution is 5.88. The number of para-hydroxylation sites is 1. The first-order valence-electron chi connectivity index (χ1n) is 5.71. The van der Waals surface area contributed by atoms with Crippen molar-refractivity contribution >= 4 is 16.4 Å². The topological polar surface area (TPSA) is 24.3 Å². The van der Waals surface area contributed by atoms with Gasteiger partial charge in [0.15, 0.2) is 6.20 Å². The molecule has 0 bridgehead atoms. The largest absolute Gasteiger partial charge is 0.507 e. The minimum absolute atomic E-state index is 0.384. The fourth-order valence-electron chi connectivity index (χ4n) is 2.44. The van der Waals surface area contributed by atoms with E-state index in [4.69, 9.17) is 0 Å². The van der Waals surface area contributed by atoms with E-state index >= 15 is 0 Å². The number of aromatic hydroxyl groups is 1. The van der Waals surface area contributed by atoms with Crippen molar-refractivity contribution < 1.29 is 9.51 Å². The van der Waals surface area contributed by atoms with E-state index in [0.717, 1.165) is 22.0 Å². The Kier molecular flexibility index (Phi) is 2.05. The third kappa shape index (κ3) is 1.30. The Hall–Kier alpha value is -2.09. The molecule has 0 aliphatic heterocycles. The van der Waals surface area contributed by atoms with Crippen LogP contribution in [0.3, 0.4) is 0 Å². The maximum absolute atomic E-state index is 10.3. The van der Waals surface area contributed by atoms with E-state index in [0.29, 0.717) is 5.75 Å². The van der Waals surface area contributed by atoms with Gasteiger partial charge in [-0.05, 0) is 26.0 Å². The summed E-state index contributed by atoms with van der Waals surface area (Å²) in [6.07, 6.45) is 2.04. The van der Waals surface area contributed by atoms with Crippen LogP contribution in [0, 0.1) is 13.8 Å². The predicted octanol–water partition coefficient (Wildman–Crippen LogP) is 2.90. The lowest BCUT2D eigenvalue weighted by molar-refractivity contribution is -0.482. The van der Waals surface area contributed by atoms with Crippen LogP contribution >= 0.6 is 0 Å². The van der Waals surface area contributed by atoms with Crippen LogP contribution in [0.2, 0.25) is 0 Å². The lowest BCUT2D eigenvalue weighted by Crippen LogP contribution is -2.24. The number of fused-ring (bicyclic) bond motifs is 3. The molecule has 0 spiro atoms. The van der Waals surface area contributed by atoms with E-state index in [1.165, 1.54) is 5.56 Å². The van der Waals surface area contributed by atoms with E-state index in [1.54, 1.807) is 0 Å². The summed E-state index contributed by atoms with van der Waals surface area (Å²) in [5, 5.41) is 11.2. The molecule has 3 aromatic rings. The van der Waals surface area contributed by atoms with Crippen LogP contribution < -0.4 is 4.40 Å². The van der Waals surface area contributed by atoms with Gasteiger partial charge < -0.3 is 5.11 Å². The van der Waals surface area contributed by atoms with Crippen molar-refractivity contribution in [1.82, 2.24) is 0 Å². The van der Waals surface area contributed by atoms with E-state index in [9.17, 15) is 5.11 Å². The zero-order valence-corrected chi connectivity index (χ0v) is 9.94. The Morgan fingerprint density at radius 1 is 1.00 bits per heavy atom. The molecule has 0 fully saturated rings. The summed E-state index contributed by atoms with van der Waals surface area (Å²) < 4.78 is 2.14. The van der Waals surface area contributed by atoms with E-state index < -0.39 is 0 Å². The highest BCUT2D eigenvalue weighted by Gasteiger charge is 2.18. The molecule has 0 atom stereocenters. The molecule has 3 rings (SSSR count). The molecule has 1 aromatic carbocycles. The highest BCUT2D eigenvalue weighted by atomic mass is 16.3. The quantitative estimate of drug-likeness (QED) is 0.461. The number of benzene rings is 1. The lowest BCUT2D eigenvalue weighted by Gasteiger charge is -2.05. The Balaban J connectivity index is 2.72. The van der Waals surface area contributed by atoms with Crippen LogP contribution in [0.15, 0.2) is 42.6 Å². The van der Waals surface area contributed by atoms with Crippen molar-refractivity contribution in [2.75, 3.05) is 0 Å². The Bertz CT molecular complexity index is 732. The van der Waals surface area contributed by atoms with Gasteiger partial charge >= 0.3 is 0 Å². The molecule has 0 unspecified atom stereocenters. The second kappa shape index (κ2) is 3.45. The maximum Gasteiger partial charge on any atom is 0.225 e. The second-order valence-electron chi connectivity index (χ2n) is 4.40. The molecule has 0 saturated carbocycles. The molecule has 2 aromatic heterocycles. The first-order valence-corrected chi connectivity index (χ1v) is 5.71. The van der Waals surface area contributed by atoms with Crippen molar-refractivity contribution in [3.63, 3.8) is 0 Å². The molecule has 1 N–H and O–H groups in total. The molecule has 2 heteroatoms. The summed E-state index contributed by atoms with van der Waals surface area (Å²) in [5.74, 6) is 0.384. The molecular formula is C15H14NO+. The summed E-state index contributed by atoms with van der Waals surface area (Å²) in [7, 11) is 0. The van der Waals surface area contributed by atoms with Gasteiger partial charge in [-0.3, -0.25) is 0 Å². The Morgan fingerprint density at radius 2 is 1.82 bits per heavy atom. The van der Waals surface area contributed by atoms with Gasteiger partial charge in [-0.1, -0.05) is 12.1 Å². The Labute approximate surface area is 99.8 Å². The van der Waals surface area contributed by atoms with Crippen LogP contribution in [0.25, 0.3) is 16.4 Å². The molecule has 17 heavy (non-hydrogen) atoms. The van der Waals surface area contributed by atoms with E-state index in [2.05, 4.69) is 17.4 Å². The van der Waals surface area contributed by atoms with Crippen molar-refractivity contribution in [2.24, 2.45) is 0 Å². The molecular weight excluding hydrogens is 210 g/mol. The number of aromatic nitrogens is 1. The van der Waals surface area contributed by atoms with Crippen LogP contribution in [-0.4, -0.2) is 5.11 Å². The minimum atomic E-state index is 0.384. The van der Waals surface area contributed by atoms with Gasteiger partial charge in [0.25, 0.3) is 0 Å². The minimum Gasteiger partial charge on any atom is -0.507 e. The van der Waals surface area contributed by atoms with E-state index in [-0.39, 0.29) is 0 Å². The highest BCUT2D eigenvalue weighted by Crippen LogP contribution is 2.29. The zero-order chi connectivity index (χ0) is 12.0. The summed E-state index contributed by atoms with van der Waals surface area (Å²) >= 11 is 0. The van der Waals surface area contributed by atoms with E-state index in [1.807, 2.05) is 43.5 Å². The fraction of sp³-hybridized carbons (Fsp3) is 0.133. The molecule has 0 saturated heterocycles. The summed E-state index contributed by atoms with van der Waals surface area (Å²) in [5.41, 5.74) is 4.21. The summed E-state index contributed by atoms with van der Waals surface area (Å²) in [6, 6.07) is 12.0. The smallest absolute Gasteiger partial charge is 0.225 e. The fourth-order valence-corrected chi connectivity index (χ4v) is 2.44. The van der Waals surface area contributed by atoms with Gasteiger partial charge in [0, 0.05) is 17.7 Å². The van der Waals surface area contributed by atoms with Crippen molar-refractivity contribution in [3.8, 4) is 5.75 Å². The van der Waals surface area contributed by atoms with Crippen LogP contribution in [0.4, 0.5) is 0 Å². The standard InChI is InChI=1S/C15H13NO/c1-10-6-5-7-12-14(10)16-9-4-3-8-13(16)11(2)15(12)17/h3-9H,1-2H3/p+1. The number of aryl methyl sites for hydroxylation is 2. The first-order chi connectivity index (χ1) is 8.20. The van der Waals surface area contributed by atoms with Gasteiger partial charge in [-0.2, -0.15) is 4.40 Å². The third-order valence-corrected chi connectivity index (χ3v) is 3.33. The van der Waals surface area contributed by atoms with Crippen LogP contribution in [-0.2, 0) is 0 Å². The second-order valence-corrected chi connectivity index (χ2v) is 4.40. The van der Waals surface area contributed by atoms with Gasteiger partial charge in [-0.25, -0.2) is 0 Å². The lowest BCUT2D eigenvalue weighted by atomic mass is 10.1. The molecule has 2 heterocycles. The maximum atomic E-state index is 10.3. The number of nitrogens with zero attached hydrogens (tertiary/aromatic N) is 1. The van der Waals surface area contributed by atoms with Crippen molar-refractivity contribution in [1.29, 1.82) is 0 Å². The summed E-state index contributed by atoms with van der Waals surface area (Å²) in [4.78, 5) is 0. The third-order valence-electron chi connectivity index (χ3n) is 3.33. The van der Waals surface area contributed by atoms with Crippen molar-refractivity contribution in [2.45, 2.75) is 13.8 Å². The summed E-state index contributed by atoms with van der Waals surface area (Å²) in [6.45, 7) is 4.02. The van der Waals surface area contributed by atoms with Crippen LogP contribution in [0.1, 0.15) is 11.1 Å². The monoisotopic (exact) mass is 224 g/mol. The van der Waals surface area contributed by atoms with Crippen molar-refractivity contribution in [3.05, 3.63) is 53.7 Å². The van der Waals surface area contributed by atoms with Gasteiger partial charge in [0.1, 0.15) is 5.75 Å². The number of pyridine rings is 2. The first kappa shape index (κ1) is 10.1. The predicted molar refractivity (Wildman–Crippen MR) is 68.2 cm³/mol. The number of rotatable bonds is 0. The molecule has 0 amide bonds. The molecule has 0 aliphatic carbocycles. The molecule has 84 valence electrons. The zero-order valence-electron chi connectivity index (χ0n) is 9.94. The molecule has 0 radical (unpaired) electrons. The average Bonchev–Trinajstić information content (AvgIpc) is 2.36. The van der Waals surface area contributed by atoms with Gasteiger partial charge in [-0.15, -0.1) is 0 Å². The SMILES string of the molecule is Cc1c(O)c2cccc(C)c2[n+]2ccccc12. The Morgan fingerprint density at radius 3 is 2.65 bits per heavy atom. The van der Waals surface area contributed by atoms with Crippen LogP contribution in [0.5, 0.6) is 5.75 Å². The normalized spacial score (nSPS) is 11.2.